The van der Waals surface area contributed by atoms with Crippen molar-refractivity contribution in [2.75, 3.05) is 24.9 Å². The van der Waals surface area contributed by atoms with Gasteiger partial charge in [-0.25, -0.2) is 14.8 Å². The van der Waals surface area contributed by atoms with E-state index in [1.165, 1.54) is 14.2 Å². The van der Waals surface area contributed by atoms with E-state index in [2.05, 4.69) is 20.6 Å². The Morgan fingerprint density at radius 1 is 0.933 bits per heavy atom. The minimum Gasteiger partial charge on any atom is -0.493 e. The van der Waals surface area contributed by atoms with Crippen LogP contribution in [0.3, 0.4) is 0 Å². The first-order valence-corrected chi connectivity index (χ1v) is 9.21. The largest absolute Gasteiger partial charge is 0.493 e. The molecule has 2 amide bonds. The summed E-state index contributed by atoms with van der Waals surface area (Å²) in [5.74, 6) is 1.43. The Balaban J connectivity index is 1.58. The number of oxazole rings is 1. The second-order valence-corrected chi connectivity index (χ2v) is 6.45. The number of fused-ring (bicyclic) bond motifs is 1. The highest BCUT2D eigenvalue weighted by Crippen LogP contribution is 2.35. The molecule has 2 heterocycles. The van der Waals surface area contributed by atoms with Crippen molar-refractivity contribution in [2.24, 2.45) is 0 Å². The third kappa shape index (κ3) is 3.75. The van der Waals surface area contributed by atoms with Gasteiger partial charge in [-0.05, 0) is 37.3 Å². The van der Waals surface area contributed by atoms with Crippen LogP contribution in [0.25, 0.3) is 22.7 Å². The number of urea groups is 1. The number of hydrogen-bond donors (Lipinski definition) is 2. The normalized spacial score (nSPS) is 10.6. The Hall–Kier alpha value is -4.07. The molecule has 4 rings (SSSR count). The zero-order chi connectivity index (χ0) is 21.1. The highest BCUT2D eigenvalue weighted by Gasteiger charge is 2.15. The number of methoxy groups -OCH3 is 2. The summed E-state index contributed by atoms with van der Waals surface area (Å²) in [6, 6.07) is 16.1. The van der Waals surface area contributed by atoms with Crippen LogP contribution in [0.5, 0.6) is 11.5 Å². The summed E-state index contributed by atoms with van der Waals surface area (Å²) >= 11 is 0. The van der Waals surface area contributed by atoms with Crippen LogP contribution in [0.15, 0.2) is 59.0 Å². The predicted molar refractivity (Wildman–Crippen MR) is 114 cm³/mol. The Morgan fingerprint density at radius 2 is 1.70 bits per heavy atom. The average molecular weight is 404 g/mol. The van der Waals surface area contributed by atoms with Gasteiger partial charge in [-0.3, -0.25) is 0 Å². The molecule has 4 aromatic rings. The van der Waals surface area contributed by atoms with E-state index in [1.807, 2.05) is 30.3 Å². The van der Waals surface area contributed by atoms with Crippen molar-refractivity contribution < 1.29 is 18.7 Å². The highest BCUT2D eigenvalue weighted by atomic mass is 16.5. The van der Waals surface area contributed by atoms with Crippen molar-refractivity contribution in [1.82, 2.24) is 9.97 Å². The molecule has 0 saturated carbocycles. The number of anilines is 2. The van der Waals surface area contributed by atoms with Crippen molar-refractivity contribution in [3.05, 3.63) is 60.3 Å². The Labute approximate surface area is 172 Å². The highest BCUT2D eigenvalue weighted by molar-refractivity contribution is 6.02. The minimum atomic E-state index is -0.447. The number of aryl methyl sites for hydroxylation is 1. The molecule has 0 aliphatic rings. The summed E-state index contributed by atoms with van der Waals surface area (Å²) < 4.78 is 16.4. The summed E-state index contributed by atoms with van der Waals surface area (Å²) in [5, 5.41) is 5.56. The standard InChI is InChI=1S/C22H20N4O4/c1-13-16(26-22(27)25-15-10-7-11-18(28-2)19(15)29-3)12-17-21(23-13)30-20(24-17)14-8-5-4-6-9-14/h4-12H,1-3H3,(H2,25,26,27). The number of ether oxygens (including phenoxy) is 2. The van der Waals surface area contributed by atoms with Gasteiger partial charge in [-0.15, -0.1) is 0 Å². The summed E-state index contributed by atoms with van der Waals surface area (Å²) in [5.41, 5.74) is 3.42. The number of rotatable bonds is 5. The smallest absolute Gasteiger partial charge is 0.323 e. The molecule has 0 spiro atoms. The van der Waals surface area contributed by atoms with Crippen molar-refractivity contribution in [1.29, 1.82) is 0 Å². The molecule has 0 aliphatic carbocycles. The fourth-order valence-electron chi connectivity index (χ4n) is 3.04. The Kier molecular flexibility index (Phi) is 5.21. The molecule has 8 heteroatoms. The van der Waals surface area contributed by atoms with Crippen molar-refractivity contribution >= 4 is 28.6 Å². The van der Waals surface area contributed by atoms with Crippen molar-refractivity contribution in [2.45, 2.75) is 6.92 Å². The first-order valence-electron chi connectivity index (χ1n) is 9.21. The zero-order valence-corrected chi connectivity index (χ0v) is 16.7. The average Bonchev–Trinajstić information content (AvgIpc) is 3.17. The number of benzene rings is 2. The van der Waals surface area contributed by atoms with Gasteiger partial charge in [-0.2, -0.15) is 0 Å². The lowest BCUT2D eigenvalue weighted by Gasteiger charge is -2.14. The molecule has 0 bridgehead atoms. The molecule has 30 heavy (non-hydrogen) atoms. The number of para-hydroxylation sites is 1. The third-order valence-corrected chi connectivity index (χ3v) is 4.49. The van der Waals surface area contributed by atoms with Gasteiger partial charge in [0.05, 0.1) is 31.3 Å². The predicted octanol–water partition coefficient (Wildman–Crippen LogP) is 4.86. The maximum Gasteiger partial charge on any atom is 0.323 e. The van der Waals surface area contributed by atoms with Gasteiger partial charge in [0.1, 0.15) is 5.52 Å². The van der Waals surface area contributed by atoms with E-state index in [-0.39, 0.29) is 0 Å². The number of nitrogens with one attached hydrogen (secondary N) is 2. The monoisotopic (exact) mass is 404 g/mol. The van der Waals surface area contributed by atoms with Gasteiger partial charge in [0.2, 0.25) is 11.6 Å². The topological polar surface area (TPSA) is 98.5 Å². The lowest BCUT2D eigenvalue weighted by Crippen LogP contribution is -2.20. The second kappa shape index (κ2) is 8.12. The fraction of sp³-hybridized carbons (Fsp3) is 0.136. The second-order valence-electron chi connectivity index (χ2n) is 6.45. The van der Waals surface area contributed by atoms with Gasteiger partial charge < -0.3 is 24.5 Å². The van der Waals surface area contributed by atoms with Crippen LogP contribution < -0.4 is 20.1 Å². The summed E-state index contributed by atoms with van der Waals surface area (Å²) in [7, 11) is 3.05. The van der Waals surface area contributed by atoms with Gasteiger partial charge in [0, 0.05) is 5.56 Å². The molecule has 0 unspecified atom stereocenters. The maximum absolute atomic E-state index is 12.6. The minimum absolute atomic E-state index is 0.409. The first-order chi connectivity index (χ1) is 14.6. The quantitative estimate of drug-likeness (QED) is 0.493. The van der Waals surface area contributed by atoms with E-state index in [9.17, 15) is 4.79 Å². The van der Waals surface area contributed by atoms with Crippen LogP contribution in [0.2, 0.25) is 0 Å². The number of carbonyl (C=O) groups excluding carboxylic acids is 1. The molecular formula is C22H20N4O4. The van der Waals surface area contributed by atoms with Gasteiger partial charge in [-0.1, -0.05) is 24.3 Å². The van der Waals surface area contributed by atoms with Crippen molar-refractivity contribution in [3.8, 4) is 23.0 Å². The molecule has 2 N–H and O–H groups in total. The number of nitrogens with zero attached hydrogens (tertiary/aromatic N) is 2. The molecule has 2 aromatic heterocycles. The van der Waals surface area contributed by atoms with Crippen molar-refractivity contribution in [3.63, 3.8) is 0 Å². The number of carbonyl (C=O) groups is 1. The van der Waals surface area contributed by atoms with Crippen LogP contribution >= 0.6 is 0 Å². The van der Waals surface area contributed by atoms with Crippen LogP contribution in [0.4, 0.5) is 16.2 Å². The number of amides is 2. The van der Waals surface area contributed by atoms with E-state index in [0.29, 0.717) is 45.7 Å². The molecule has 0 radical (unpaired) electrons. The number of aromatic nitrogens is 2. The first kappa shape index (κ1) is 19.3. The van der Waals surface area contributed by atoms with Gasteiger partial charge in [0.15, 0.2) is 11.5 Å². The Morgan fingerprint density at radius 3 is 2.43 bits per heavy atom. The van der Waals surface area contributed by atoms with E-state index in [4.69, 9.17) is 13.9 Å². The van der Waals surface area contributed by atoms with Gasteiger partial charge >= 0.3 is 6.03 Å². The molecule has 2 aromatic carbocycles. The van der Waals surface area contributed by atoms with E-state index >= 15 is 0 Å². The lowest BCUT2D eigenvalue weighted by atomic mass is 10.2. The van der Waals surface area contributed by atoms with Gasteiger partial charge in [0.25, 0.3) is 0 Å². The van der Waals surface area contributed by atoms with E-state index in [0.717, 1.165) is 5.56 Å². The molecular weight excluding hydrogens is 384 g/mol. The van der Waals surface area contributed by atoms with Crippen LogP contribution in [0.1, 0.15) is 5.69 Å². The van der Waals surface area contributed by atoms with Crippen LogP contribution in [-0.2, 0) is 0 Å². The summed E-state index contributed by atoms with van der Waals surface area (Å²) in [6.45, 7) is 1.78. The fourth-order valence-corrected chi connectivity index (χ4v) is 3.04. The van der Waals surface area contributed by atoms with E-state index in [1.54, 1.807) is 31.2 Å². The Bertz CT molecular complexity index is 1200. The molecule has 0 atom stereocenters. The molecule has 0 saturated heterocycles. The molecule has 8 nitrogen and oxygen atoms in total. The maximum atomic E-state index is 12.6. The number of pyridine rings is 1. The van der Waals surface area contributed by atoms with Crippen LogP contribution in [0, 0.1) is 6.92 Å². The summed E-state index contributed by atoms with van der Waals surface area (Å²) in [4.78, 5) is 21.5. The van der Waals surface area contributed by atoms with Crippen LogP contribution in [-0.4, -0.2) is 30.2 Å². The lowest BCUT2D eigenvalue weighted by molar-refractivity contribution is 0.262. The van der Waals surface area contributed by atoms with E-state index < -0.39 is 6.03 Å². The molecule has 0 fully saturated rings. The summed E-state index contributed by atoms with van der Waals surface area (Å²) in [6.07, 6.45) is 0. The SMILES string of the molecule is COc1cccc(NC(=O)Nc2cc3nc(-c4ccccc4)oc3nc2C)c1OC. The number of hydrogen-bond acceptors (Lipinski definition) is 6. The molecule has 152 valence electrons. The third-order valence-electron chi connectivity index (χ3n) is 4.49. The zero-order valence-electron chi connectivity index (χ0n) is 16.7. The molecule has 0 aliphatic heterocycles.